The predicted octanol–water partition coefficient (Wildman–Crippen LogP) is 4.02. The lowest BCUT2D eigenvalue weighted by molar-refractivity contribution is -0.123. The van der Waals surface area contributed by atoms with Crippen LogP contribution in [0.4, 0.5) is 0 Å². The summed E-state index contributed by atoms with van der Waals surface area (Å²) in [5, 5.41) is 23.4. The lowest BCUT2D eigenvalue weighted by Gasteiger charge is -2.13. The Labute approximate surface area is 195 Å². The molecule has 0 unspecified atom stereocenters. The van der Waals surface area contributed by atoms with E-state index in [0.29, 0.717) is 25.8 Å². The number of nitrogens with one attached hydrogen (secondary N) is 1. The van der Waals surface area contributed by atoms with Crippen LogP contribution < -0.4 is 10.2 Å². The van der Waals surface area contributed by atoms with Gasteiger partial charge in [-0.25, -0.2) is 10.4 Å². The predicted molar refractivity (Wildman–Crippen MR) is 119 cm³/mol. The number of aromatic hydroxyl groups is 1. The van der Waals surface area contributed by atoms with Gasteiger partial charge in [-0.15, -0.1) is 0 Å². The van der Waals surface area contributed by atoms with Gasteiger partial charge in [-0.1, -0.05) is 27.5 Å². The number of benzene rings is 1. The van der Waals surface area contributed by atoms with Crippen molar-refractivity contribution in [2.75, 3.05) is 13.7 Å². The Morgan fingerprint density at radius 1 is 1.47 bits per heavy atom. The van der Waals surface area contributed by atoms with Gasteiger partial charge in [-0.2, -0.15) is 10.4 Å². The lowest BCUT2D eigenvalue weighted by atomic mass is 10.1. The summed E-state index contributed by atoms with van der Waals surface area (Å²) in [6.45, 7) is 1.54. The molecule has 158 valence electrons. The fourth-order valence-corrected chi connectivity index (χ4v) is 3.69. The Balaban J connectivity index is 1.99. The minimum absolute atomic E-state index is 0.0399. The van der Waals surface area contributed by atoms with Crippen LogP contribution in [0.1, 0.15) is 22.4 Å². The van der Waals surface area contributed by atoms with Crippen molar-refractivity contribution in [3.63, 3.8) is 0 Å². The van der Waals surface area contributed by atoms with Crippen LogP contribution in [0.2, 0.25) is 5.02 Å². The highest BCUT2D eigenvalue weighted by atomic mass is 79.9. The Morgan fingerprint density at radius 2 is 2.20 bits per heavy atom. The monoisotopic (exact) mass is 558 g/mol. The maximum atomic E-state index is 12.0. The fourth-order valence-electron chi connectivity index (χ4n) is 2.42. The van der Waals surface area contributed by atoms with Gasteiger partial charge in [-0.05, 0) is 35.0 Å². The third-order valence-corrected chi connectivity index (χ3v) is 5.61. The highest BCUT2D eigenvalue weighted by Crippen LogP contribution is 2.31. The van der Waals surface area contributed by atoms with Crippen LogP contribution in [0.3, 0.4) is 0 Å². The average molecular weight is 561 g/mol. The Hall–Kier alpha value is -2.19. The van der Waals surface area contributed by atoms with Gasteiger partial charge in [0.1, 0.15) is 17.4 Å². The molecule has 0 saturated carbocycles. The Morgan fingerprint density at radius 3 is 2.87 bits per heavy atom. The normalized spacial score (nSPS) is 10.8. The van der Waals surface area contributed by atoms with E-state index in [0.717, 1.165) is 0 Å². The van der Waals surface area contributed by atoms with Gasteiger partial charge >= 0.3 is 0 Å². The van der Waals surface area contributed by atoms with Crippen LogP contribution in [0.15, 0.2) is 26.2 Å². The fraction of sp³-hybridized carbons (Fsp3) is 0.263. The molecule has 2 rings (SSSR count). The van der Waals surface area contributed by atoms with Crippen LogP contribution in [0.25, 0.3) is 0 Å². The van der Waals surface area contributed by atoms with Crippen LogP contribution in [-0.4, -0.2) is 35.9 Å². The number of methoxy groups -OCH3 is 1. The molecule has 2 aromatic rings. The van der Waals surface area contributed by atoms with Crippen molar-refractivity contribution < 1.29 is 19.4 Å². The summed E-state index contributed by atoms with van der Waals surface area (Å²) in [6, 6.07) is 5.30. The van der Waals surface area contributed by atoms with Crippen molar-refractivity contribution in [3.05, 3.63) is 48.5 Å². The summed E-state index contributed by atoms with van der Waals surface area (Å²) >= 11 is 12.6. The van der Waals surface area contributed by atoms with E-state index >= 15 is 0 Å². The molecule has 0 spiro atoms. The molecule has 11 heteroatoms. The molecule has 0 atom stereocenters. The average Bonchev–Trinajstić information content (AvgIpc) is 2.70. The molecule has 2 N–H and O–H groups in total. The van der Waals surface area contributed by atoms with Gasteiger partial charge in [0.25, 0.3) is 5.91 Å². The topological polar surface area (TPSA) is 117 Å². The molecule has 0 radical (unpaired) electrons. The van der Waals surface area contributed by atoms with E-state index in [1.54, 1.807) is 19.1 Å². The highest BCUT2D eigenvalue weighted by Gasteiger charge is 2.18. The highest BCUT2D eigenvalue weighted by molar-refractivity contribution is 9.10. The molecule has 30 heavy (non-hydrogen) atoms. The van der Waals surface area contributed by atoms with E-state index in [1.807, 2.05) is 6.07 Å². The number of phenolic OH excluding ortho intramolecular Hbond substituents is 1. The first-order valence-corrected chi connectivity index (χ1v) is 10.4. The third-order valence-electron chi connectivity index (χ3n) is 3.81. The number of carbonyl (C=O) groups is 1. The van der Waals surface area contributed by atoms with Gasteiger partial charge < -0.3 is 14.6 Å². The number of hydrogen-bond acceptors (Lipinski definition) is 7. The Bertz CT molecular complexity index is 1020. The number of pyridine rings is 1. The first-order chi connectivity index (χ1) is 14.3. The van der Waals surface area contributed by atoms with Crippen LogP contribution in [0, 0.1) is 18.3 Å². The summed E-state index contributed by atoms with van der Waals surface area (Å²) < 4.78 is 11.9. The van der Waals surface area contributed by atoms with Gasteiger partial charge in [-0.3, -0.25) is 4.79 Å². The SMILES string of the molecule is COCc1c(Br)c(C)nc(OCC(=O)N/N=C\Cc2cc(Br)cc(Cl)c2O)c1C#N. The second-order valence-electron chi connectivity index (χ2n) is 5.95. The summed E-state index contributed by atoms with van der Waals surface area (Å²) in [7, 11) is 1.51. The number of hydrazone groups is 1. The number of aryl methyl sites for hydroxylation is 1. The van der Waals surface area contributed by atoms with Crippen molar-refractivity contribution in [2.45, 2.75) is 20.0 Å². The molecular weight excluding hydrogens is 543 g/mol. The molecule has 1 amide bonds. The van der Waals surface area contributed by atoms with Crippen molar-refractivity contribution in [2.24, 2.45) is 5.10 Å². The standard InChI is InChI=1S/C19H17Br2ClN4O4/c1-10-17(21)14(8-29-2)13(7-23)19(25-10)30-9-16(27)26-24-4-3-11-5-12(20)6-15(22)18(11)28/h4-6,28H,3,8-9H2,1-2H3,(H,26,27)/b24-4-. The van der Waals surface area contributed by atoms with E-state index in [2.05, 4.69) is 47.4 Å². The number of phenols is 1. The van der Waals surface area contributed by atoms with Crippen LogP contribution in [-0.2, 0) is 22.6 Å². The third kappa shape index (κ3) is 6.15. The molecule has 0 saturated heterocycles. The van der Waals surface area contributed by atoms with E-state index in [1.165, 1.54) is 13.3 Å². The zero-order valence-electron chi connectivity index (χ0n) is 16.0. The molecule has 1 aromatic carbocycles. The van der Waals surface area contributed by atoms with E-state index in [9.17, 15) is 15.2 Å². The number of hydrogen-bond donors (Lipinski definition) is 2. The quantitative estimate of drug-likeness (QED) is 0.372. The number of halogens is 3. The number of nitrogens with zero attached hydrogens (tertiary/aromatic N) is 3. The molecule has 0 fully saturated rings. The molecule has 0 aliphatic rings. The molecule has 0 aliphatic carbocycles. The number of amides is 1. The molecule has 0 bridgehead atoms. The largest absolute Gasteiger partial charge is 0.506 e. The molecule has 0 aliphatic heterocycles. The van der Waals surface area contributed by atoms with Crippen molar-refractivity contribution in [1.29, 1.82) is 5.26 Å². The van der Waals surface area contributed by atoms with Crippen LogP contribution >= 0.6 is 43.5 Å². The number of rotatable bonds is 8. The van der Waals surface area contributed by atoms with Gasteiger partial charge in [0.2, 0.25) is 5.88 Å². The van der Waals surface area contributed by atoms with E-state index in [4.69, 9.17) is 21.1 Å². The van der Waals surface area contributed by atoms with Gasteiger partial charge in [0, 0.05) is 39.8 Å². The smallest absolute Gasteiger partial charge is 0.278 e. The van der Waals surface area contributed by atoms with Crippen LogP contribution in [0.5, 0.6) is 11.6 Å². The first-order valence-electron chi connectivity index (χ1n) is 8.46. The van der Waals surface area contributed by atoms with Gasteiger partial charge in [0.05, 0.1) is 17.3 Å². The maximum Gasteiger partial charge on any atom is 0.278 e. The zero-order chi connectivity index (χ0) is 22.3. The Kier molecular flexibility index (Phi) is 9.05. The van der Waals surface area contributed by atoms with E-state index < -0.39 is 5.91 Å². The second kappa shape index (κ2) is 11.3. The summed E-state index contributed by atoms with van der Waals surface area (Å²) in [6.07, 6.45) is 1.66. The van der Waals surface area contributed by atoms with Crippen molar-refractivity contribution in [1.82, 2.24) is 10.4 Å². The minimum Gasteiger partial charge on any atom is -0.506 e. The molecule has 1 aromatic heterocycles. The van der Waals surface area contributed by atoms with E-state index in [-0.39, 0.29) is 41.9 Å². The summed E-state index contributed by atoms with van der Waals surface area (Å²) in [5.74, 6) is -0.547. The first kappa shape index (κ1) is 24.1. The molecular formula is C19H17Br2ClN4O4. The number of carbonyl (C=O) groups excluding carboxylic acids is 1. The number of nitriles is 1. The van der Waals surface area contributed by atoms with Gasteiger partial charge in [0.15, 0.2) is 6.61 Å². The molecule has 1 heterocycles. The number of ether oxygens (including phenoxy) is 2. The maximum absolute atomic E-state index is 12.0. The number of aromatic nitrogens is 1. The van der Waals surface area contributed by atoms with Crippen molar-refractivity contribution >= 4 is 55.6 Å². The van der Waals surface area contributed by atoms with Crippen molar-refractivity contribution in [3.8, 4) is 17.7 Å². The second-order valence-corrected chi connectivity index (χ2v) is 8.07. The summed E-state index contributed by atoms with van der Waals surface area (Å²) in [5.41, 5.74) is 4.23. The molecule has 8 nitrogen and oxygen atoms in total. The summed E-state index contributed by atoms with van der Waals surface area (Å²) in [4.78, 5) is 16.2. The minimum atomic E-state index is -0.540. The zero-order valence-corrected chi connectivity index (χ0v) is 19.9. The lowest BCUT2D eigenvalue weighted by Crippen LogP contribution is -2.25.